The Morgan fingerprint density at radius 3 is 2.77 bits per heavy atom. The topological polar surface area (TPSA) is 83.8 Å². The molecule has 7 nitrogen and oxygen atoms in total. The molecule has 0 aromatic heterocycles. The molecule has 9 heteroatoms. The number of amides is 1. The number of thioether (sulfide) groups is 1. The first-order valence-corrected chi connectivity index (χ1v) is 11.9. The van der Waals surface area contributed by atoms with Crippen LogP contribution < -0.4 is 15.8 Å². The molecule has 0 radical (unpaired) electrons. The second-order valence-corrected chi connectivity index (χ2v) is 9.74. The van der Waals surface area contributed by atoms with Crippen LogP contribution in [0.15, 0.2) is 23.2 Å². The van der Waals surface area contributed by atoms with E-state index in [1.54, 1.807) is 0 Å². The Morgan fingerprint density at radius 1 is 1.37 bits per heavy atom. The van der Waals surface area contributed by atoms with Gasteiger partial charge >= 0.3 is 0 Å². The number of amidine groups is 2. The number of carbonyl (C=O) groups is 1. The van der Waals surface area contributed by atoms with Crippen molar-refractivity contribution in [1.82, 2.24) is 15.8 Å². The zero-order valence-electron chi connectivity index (χ0n) is 17.6. The molecule has 0 bridgehead atoms. The quantitative estimate of drug-likeness (QED) is 0.657. The van der Waals surface area contributed by atoms with Gasteiger partial charge in [-0.25, -0.2) is 10.4 Å². The van der Waals surface area contributed by atoms with E-state index < -0.39 is 0 Å². The van der Waals surface area contributed by atoms with Crippen molar-refractivity contribution in [3.05, 3.63) is 28.8 Å². The van der Waals surface area contributed by atoms with Crippen LogP contribution in [0.5, 0.6) is 0 Å². The minimum Gasteiger partial charge on any atom is -0.342 e. The highest BCUT2D eigenvalue weighted by Crippen LogP contribution is 2.35. The first-order chi connectivity index (χ1) is 14.4. The number of benzene rings is 1. The maximum atomic E-state index is 13.1. The standard InChI is InChI=1S/C21H29ClN6OS/c1-4-16(20(29)27-9-5-6-10-27)30-21-24-19-17(13(3)25-26-19)18(23)28(21)14-8-7-12(2)15(22)11-14/h7-8,11,13,16-17,19,23,25-26H,4-6,9-10H2,1-3H3. The van der Waals surface area contributed by atoms with Gasteiger partial charge < -0.3 is 4.90 Å². The molecule has 30 heavy (non-hydrogen) atoms. The molecule has 2 saturated heterocycles. The Balaban J connectivity index is 1.68. The summed E-state index contributed by atoms with van der Waals surface area (Å²) in [5.41, 5.74) is 8.20. The molecule has 3 aliphatic rings. The summed E-state index contributed by atoms with van der Waals surface area (Å²) in [5, 5.41) is 10.1. The maximum Gasteiger partial charge on any atom is 0.236 e. The molecule has 3 aliphatic heterocycles. The van der Waals surface area contributed by atoms with Gasteiger partial charge in [0.15, 0.2) is 5.17 Å². The molecule has 162 valence electrons. The van der Waals surface area contributed by atoms with Gasteiger partial charge in [-0.1, -0.05) is 36.4 Å². The van der Waals surface area contributed by atoms with E-state index in [-0.39, 0.29) is 29.3 Å². The number of hydrogen-bond donors (Lipinski definition) is 3. The van der Waals surface area contributed by atoms with E-state index in [4.69, 9.17) is 22.0 Å². The van der Waals surface area contributed by atoms with Crippen LogP contribution in [0.4, 0.5) is 5.69 Å². The van der Waals surface area contributed by atoms with Gasteiger partial charge in [-0.05, 0) is 50.8 Å². The summed E-state index contributed by atoms with van der Waals surface area (Å²) in [6.45, 7) is 7.72. The van der Waals surface area contributed by atoms with E-state index in [9.17, 15) is 4.79 Å². The summed E-state index contributed by atoms with van der Waals surface area (Å²) in [6.07, 6.45) is 2.64. The van der Waals surface area contributed by atoms with E-state index in [0.717, 1.165) is 37.2 Å². The number of nitrogens with one attached hydrogen (secondary N) is 3. The normalized spacial score (nSPS) is 27.3. The Morgan fingerprint density at radius 2 is 2.10 bits per heavy atom. The number of hydrazine groups is 1. The third-order valence-electron chi connectivity index (χ3n) is 6.06. The largest absolute Gasteiger partial charge is 0.342 e. The van der Waals surface area contributed by atoms with Crippen molar-refractivity contribution in [2.24, 2.45) is 10.9 Å². The van der Waals surface area contributed by atoms with Crippen molar-refractivity contribution in [2.45, 2.75) is 57.5 Å². The maximum absolute atomic E-state index is 13.1. The number of aliphatic imine (C=N–C) groups is 1. The summed E-state index contributed by atoms with van der Waals surface area (Å²) in [4.78, 5) is 21.8. The third kappa shape index (κ3) is 3.98. The first kappa shape index (κ1) is 21.6. The summed E-state index contributed by atoms with van der Waals surface area (Å²) in [7, 11) is 0. The number of fused-ring (bicyclic) bond motifs is 1. The average Bonchev–Trinajstić information content (AvgIpc) is 3.38. The van der Waals surface area contributed by atoms with Crippen molar-refractivity contribution in [3.63, 3.8) is 0 Å². The van der Waals surface area contributed by atoms with Gasteiger partial charge in [0.2, 0.25) is 5.91 Å². The van der Waals surface area contributed by atoms with Crippen LogP contribution in [0.25, 0.3) is 0 Å². The number of halogens is 1. The monoisotopic (exact) mass is 448 g/mol. The zero-order chi connectivity index (χ0) is 21.4. The lowest BCUT2D eigenvalue weighted by Crippen LogP contribution is -2.51. The van der Waals surface area contributed by atoms with Gasteiger partial charge in [-0.3, -0.25) is 20.5 Å². The highest BCUT2D eigenvalue weighted by Gasteiger charge is 2.44. The molecule has 1 amide bonds. The van der Waals surface area contributed by atoms with Crippen molar-refractivity contribution in [3.8, 4) is 0 Å². The summed E-state index contributed by atoms with van der Waals surface area (Å²) in [6, 6.07) is 5.89. The van der Waals surface area contributed by atoms with Crippen LogP contribution in [0.2, 0.25) is 5.02 Å². The van der Waals surface area contributed by atoms with E-state index in [0.29, 0.717) is 22.4 Å². The van der Waals surface area contributed by atoms with E-state index in [2.05, 4.69) is 10.9 Å². The van der Waals surface area contributed by atoms with Crippen LogP contribution >= 0.6 is 23.4 Å². The van der Waals surface area contributed by atoms with Crippen molar-refractivity contribution < 1.29 is 4.79 Å². The van der Waals surface area contributed by atoms with Crippen molar-refractivity contribution >= 4 is 46.0 Å². The zero-order valence-corrected chi connectivity index (χ0v) is 19.2. The second-order valence-electron chi connectivity index (χ2n) is 8.16. The first-order valence-electron chi connectivity index (χ1n) is 10.6. The lowest BCUT2D eigenvalue weighted by Gasteiger charge is -2.37. The molecule has 3 N–H and O–H groups in total. The van der Waals surface area contributed by atoms with E-state index >= 15 is 0 Å². The SMILES string of the molecule is CCC(SC1=NC2NNC(C)C2C(=N)N1c1ccc(C)c(Cl)c1)C(=O)N1CCCC1. The number of rotatable bonds is 4. The second kappa shape index (κ2) is 8.86. The molecule has 0 saturated carbocycles. The number of likely N-dealkylation sites (tertiary alicyclic amines) is 1. The van der Waals surface area contributed by atoms with Crippen LogP contribution in [-0.4, -0.2) is 52.4 Å². The van der Waals surface area contributed by atoms with E-state index in [1.807, 2.05) is 48.8 Å². The van der Waals surface area contributed by atoms with Crippen LogP contribution in [-0.2, 0) is 4.79 Å². The van der Waals surface area contributed by atoms with Crippen molar-refractivity contribution in [2.75, 3.05) is 18.0 Å². The van der Waals surface area contributed by atoms with E-state index in [1.165, 1.54) is 11.8 Å². The highest BCUT2D eigenvalue weighted by molar-refractivity contribution is 8.15. The molecule has 4 rings (SSSR count). The highest BCUT2D eigenvalue weighted by atomic mass is 35.5. The number of nitrogens with zero attached hydrogens (tertiary/aromatic N) is 3. The van der Waals surface area contributed by atoms with Crippen molar-refractivity contribution in [1.29, 1.82) is 5.41 Å². The Kier molecular flexibility index (Phi) is 6.39. The fraction of sp³-hybridized carbons (Fsp3) is 0.571. The molecule has 4 unspecified atom stereocenters. The van der Waals surface area contributed by atoms with Gasteiger partial charge in [-0.15, -0.1) is 0 Å². The lowest BCUT2D eigenvalue weighted by atomic mass is 9.97. The predicted octanol–water partition coefficient (Wildman–Crippen LogP) is 3.37. The van der Waals surface area contributed by atoms with Crippen LogP contribution in [0.1, 0.15) is 38.7 Å². The smallest absolute Gasteiger partial charge is 0.236 e. The molecule has 3 heterocycles. The number of hydrogen-bond acceptors (Lipinski definition) is 6. The fourth-order valence-electron chi connectivity index (χ4n) is 4.23. The summed E-state index contributed by atoms with van der Waals surface area (Å²) < 4.78 is 0. The van der Waals surface area contributed by atoms with Gasteiger partial charge in [-0.2, -0.15) is 0 Å². The molecule has 4 atom stereocenters. The molecular weight excluding hydrogens is 420 g/mol. The average molecular weight is 449 g/mol. The summed E-state index contributed by atoms with van der Waals surface area (Å²) in [5.74, 6) is 0.541. The number of carbonyl (C=O) groups excluding carboxylic acids is 1. The molecular formula is C21H29ClN6OS. The van der Waals surface area contributed by atoms with Crippen LogP contribution in [0, 0.1) is 18.3 Å². The number of aryl methyl sites for hydroxylation is 1. The Labute approximate surface area is 187 Å². The molecule has 0 aliphatic carbocycles. The Bertz CT molecular complexity index is 871. The van der Waals surface area contributed by atoms with Gasteiger partial charge in [0.25, 0.3) is 0 Å². The molecule has 1 aromatic rings. The van der Waals surface area contributed by atoms with Gasteiger partial charge in [0, 0.05) is 24.2 Å². The minimum absolute atomic E-state index is 0.0782. The molecule has 1 aromatic carbocycles. The van der Waals surface area contributed by atoms with Crippen LogP contribution in [0.3, 0.4) is 0 Å². The molecule has 2 fully saturated rings. The summed E-state index contributed by atoms with van der Waals surface area (Å²) >= 11 is 7.87. The minimum atomic E-state index is -0.221. The van der Waals surface area contributed by atoms with Gasteiger partial charge in [0.05, 0.1) is 16.9 Å². The molecule has 0 spiro atoms. The number of anilines is 1. The Hall–Kier alpha value is -1.61. The van der Waals surface area contributed by atoms with Gasteiger partial charge in [0.1, 0.15) is 12.0 Å². The lowest BCUT2D eigenvalue weighted by molar-refractivity contribution is -0.129. The predicted molar refractivity (Wildman–Crippen MR) is 124 cm³/mol. The third-order valence-corrected chi connectivity index (χ3v) is 7.79. The fourth-order valence-corrected chi connectivity index (χ4v) is 5.56.